The lowest BCUT2D eigenvalue weighted by molar-refractivity contribution is -0.141. The van der Waals surface area contributed by atoms with Crippen molar-refractivity contribution >= 4 is 5.97 Å². The van der Waals surface area contributed by atoms with Crippen molar-refractivity contribution < 1.29 is 14.6 Å². The number of rotatable bonds is 8. The molecule has 0 bridgehead atoms. The van der Waals surface area contributed by atoms with Gasteiger partial charge in [0.25, 0.3) is 0 Å². The molecule has 0 amide bonds. The fourth-order valence-corrected chi connectivity index (χ4v) is 2.30. The van der Waals surface area contributed by atoms with Crippen LogP contribution in [0.5, 0.6) is 5.75 Å². The van der Waals surface area contributed by atoms with Crippen LogP contribution >= 0.6 is 0 Å². The van der Waals surface area contributed by atoms with Gasteiger partial charge in [0.15, 0.2) is 0 Å². The Morgan fingerprint density at radius 2 is 1.95 bits per heavy atom. The molecule has 20 heavy (non-hydrogen) atoms. The van der Waals surface area contributed by atoms with Gasteiger partial charge in [-0.15, -0.1) is 0 Å². The van der Waals surface area contributed by atoms with Gasteiger partial charge in [-0.1, -0.05) is 32.0 Å². The lowest BCUT2D eigenvalue weighted by atomic mass is 10.0. The molecule has 0 heterocycles. The largest absolute Gasteiger partial charge is 0.494 e. The average Bonchev–Trinajstić information content (AvgIpc) is 2.44. The number of nitrogens with zero attached hydrogens (tertiary/aromatic N) is 1. The normalized spacial score (nSPS) is 14.1. The van der Waals surface area contributed by atoms with Gasteiger partial charge < -0.3 is 9.84 Å². The van der Waals surface area contributed by atoms with Crippen LogP contribution in [0.2, 0.25) is 0 Å². The van der Waals surface area contributed by atoms with E-state index in [4.69, 9.17) is 9.84 Å². The van der Waals surface area contributed by atoms with Gasteiger partial charge in [0.1, 0.15) is 5.75 Å². The van der Waals surface area contributed by atoms with E-state index in [1.165, 1.54) is 0 Å². The maximum Gasteiger partial charge on any atom is 0.307 e. The fourth-order valence-electron chi connectivity index (χ4n) is 2.30. The van der Waals surface area contributed by atoms with Gasteiger partial charge >= 0.3 is 5.97 Å². The predicted molar refractivity (Wildman–Crippen MR) is 80.1 cm³/mol. The first-order valence-electron chi connectivity index (χ1n) is 7.19. The third-order valence-corrected chi connectivity index (χ3v) is 3.55. The molecular weight excluding hydrogens is 254 g/mol. The van der Waals surface area contributed by atoms with Gasteiger partial charge in [-0.2, -0.15) is 0 Å². The molecule has 1 rings (SSSR count). The average molecular weight is 279 g/mol. The van der Waals surface area contributed by atoms with Gasteiger partial charge in [-0.05, 0) is 26.5 Å². The Morgan fingerprint density at radius 3 is 2.50 bits per heavy atom. The van der Waals surface area contributed by atoms with Crippen molar-refractivity contribution in [2.45, 2.75) is 33.7 Å². The lowest BCUT2D eigenvalue weighted by Crippen LogP contribution is -2.34. The molecule has 2 unspecified atom stereocenters. The van der Waals surface area contributed by atoms with Gasteiger partial charge in [0.05, 0.1) is 12.5 Å². The topological polar surface area (TPSA) is 49.8 Å². The fraction of sp³-hybridized carbons (Fsp3) is 0.562. The Bertz CT molecular complexity index is 433. The van der Waals surface area contributed by atoms with Crippen LogP contribution in [0.15, 0.2) is 24.3 Å². The number of ether oxygens (including phenoxy) is 1. The molecule has 0 saturated heterocycles. The molecule has 112 valence electrons. The zero-order valence-corrected chi connectivity index (χ0v) is 12.8. The lowest BCUT2D eigenvalue weighted by Gasteiger charge is -2.30. The minimum atomic E-state index is -0.756. The molecule has 2 atom stereocenters. The van der Waals surface area contributed by atoms with E-state index < -0.39 is 5.97 Å². The first-order chi connectivity index (χ1) is 9.51. The SMILES string of the molecule is CCOc1ccccc1C(C)N(CC)CC(C)C(=O)O. The molecule has 1 aromatic carbocycles. The summed E-state index contributed by atoms with van der Waals surface area (Å²) in [6.45, 7) is 9.82. The Labute approximate surface area is 121 Å². The maximum atomic E-state index is 11.0. The number of carboxylic acids is 1. The van der Waals surface area contributed by atoms with Gasteiger partial charge in [0, 0.05) is 18.2 Å². The van der Waals surface area contributed by atoms with Gasteiger partial charge in [-0.25, -0.2) is 0 Å². The second kappa shape index (κ2) is 7.90. The maximum absolute atomic E-state index is 11.0. The standard InChI is InChI=1S/C16H25NO3/c1-5-17(11-12(3)16(18)19)13(4)14-9-7-8-10-15(14)20-6-2/h7-10,12-13H,5-6,11H2,1-4H3,(H,18,19). The van der Waals surface area contributed by atoms with Crippen LogP contribution in [0.3, 0.4) is 0 Å². The van der Waals surface area contributed by atoms with Crippen molar-refractivity contribution in [1.82, 2.24) is 4.90 Å². The molecule has 0 saturated carbocycles. The predicted octanol–water partition coefficient (Wildman–Crippen LogP) is 3.19. The Balaban J connectivity index is 2.90. The van der Waals surface area contributed by atoms with Gasteiger partial charge in [0.2, 0.25) is 0 Å². The summed E-state index contributed by atoms with van der Waals surface area (Å²) in [5.74, 6) is -0.255. The van der Waals surface area contributed by atoms with E-state index >= 15 is 0 Å². The summed E-state index contributed by atoms with van der Waals surface area (Å²) in [5, 5.41) is 9.07. The minimum Gasteiger partial charge on any atom is -0.494 e. The number of aliphatic carboxylic acids is 1. The zero-order chi connectivity index (χ0) is 15.1. The highest BCUT2D eigenvalue weighted by atomic mass is 16.5. The van der Waals surface area contributed by atoms with Crippen LogP contribution in [-0.2, 0) is 4.79 Å². The molecule has 4 nitrogen and oxygen atoms in total. The Hall–Kier alpha value is -1.55. The highest BCUT2D eigenvalue weighted by molar-refractivity contribution is 5.69. The first-order valence-corrected chi connectivity index (χ1v) is 7.19. The molecule has 0 radical (unpaired) electrons. The smallest absolute Gasteiger partial charge is 0.307 e. The third-order valence-electron chi connectivity index (χ3n) is 3.55. The zero-order valence-electron chi connectivity index (χ0n) is 12.8. The van der Waals surface area contributed by atoms with Crippen LogP contribution in [0.1, 0.15) is 39.3 Å². The monoisotopic (exact) mass is 279 g/mol. The van der Waals surface area contributed by atoms with E-state index in [9.17, 15) is 4.79 Å². The van der Waals surface area contributed by atoms with Crippen molar-refractivity contribution in [2.75, 3.05) is 19.7 Å². The van der Waals surface area contributed by atoms with Crippen molar-refractivity contribution in [1.29, 1.82) is 0 Å². The molecule has 0 spiro atoms. The van der Waals surface area contributed by atoms with Gasteiger partial charge in [-0.3, -0.25) is 9.69 Å². The number of hydrogen-bond donors (Lipinski definition) is 1. The number of benzene rings is 1. The minimum absolute atomic E-state index is 0.129. The molecule has 0 fully saturated rings. The summed E-state index contributed by atoms with van der Waals surface area (Å²) in [5.41, 5.74) is 1.11. The van der Waals surface area contributed by atoms with E-state index in [0.29, 0.717) is 13.2 Å². The summed E-state index contributed by atoms with van der Waals surface area (Å²) in [7, 11) is 0. The number of hydrogen-bond acceptors (Lipinski definition) is 3. The van der Waals surface area contributed by atoms with Crippen LogP contribution in [0.4, 0.5) is 0 Å². The second-order valence-corrected chi connectivity index (χ2v) is 4.97. The van der Waals surface area contributed by atoms with Crippen molar-refractivity contribution in [3.8, 4) is 5.75 Å². The molecule has 1 aromatic rings. The van der Waals surface area contributed by atoms with Crippen molar-refractivity contribution in [3.05, 3.63) is 29.8 Å². The van der Waals surface area contributed by atoms with E-state index in [-0.39, 0.29) is 12.0 Å². The second-order valence-electron chi connectivity index (χ2n) is 4.97. The Kier molecular flexibility index (Phi) is 6.52. The van der Waals surface area contributed by atoms with Crippen LogP contribution in [0, 0.1) is 5.92 Å². The third kappa shape index (κ3) is 4.23. The number of carboxylic acid groups (broad SMARTS) is 1. The molecule has 4 heteroatoms. The van der Waals surface area contributed by atoms with Crippen LogP contribution in [-0.4, -0.2) is 35.7 Å². The van der Waals surface area contributed by atoms with Crippen LogP contribution < -0.4 is 4.74 Å². The molecule has 0 aliphatic carbocycles. The van der Waals surface area contributed by atoms with Crippen LogP contribution in [0.25, 0.3) is 0 Å². The number of carbonyl (C=O) groups is 1. The quantitative estimate of drug-likeness (QED) is 0.794. The van der Waals surface area contributed by atoms with Crippen molar-refractivity contribution in [3.63, 3.8) is 0 Å². The summed E-state index contributed by atoms with van der Waals surface area (Å²) in [6, 6.07) is 8.08. The highest BCUT2D eigenvalue weighted by Gasteiger charge is 2.22. The van der Waals surface area contributed by atoms with Crippen molar-refractivity contribution in [2.24, 2.45) is 5.92 Å². The van der Waals surface area contributed by atoms with E-state index in [0.717, 1.165) is 17.9 Å². The first kappa shape index (κ1) is 16.5. The summed E-state index contributed by atoms with van der Waals surface area (Å²) >= 11 is 0. The molecule has 0 aliphatic heterocycles. The van der Waals surface area contributed by atoms with E-state index in [1.807, 2.05) is 38.1 Å². The number of para-hydroxylation sites is 1. The summed E-state index contributed by atoms with van der Waals surface area (Å²) in [4.78, 5) is 13.2. The highest BCUT2D eigenvalue weighted by Crippen LogP contribution is 2.29. The summed E-state index contributed by atoms with van der Waals surface area (Å²) in [6.07, 6.45) is 0. The molecule has 0 aromatic heterocycles. The molecule has 0 aliphatic rings. The molecule has 1 N–H and O–H groups in total. The van der Waals surface area contributed by atoms with E-state index in [2.05, 4.69) is 11.8 Å². The molecular formula is C16H25NO3. The van der Waals surface area contributed by atoms with E-state index in [1.54, 1.807) is 6.92 Å². The Morgan fingerprint density at radius 1 is 1.30 bits per heavy atom. The summed E-state index contributed by atoms with van der Waals surface area (Å²) < 4.78 is 5.66.